The first-order chi connectivity index (χ1) is 9.31. The van der Waals surface area contributed by atoms with Crippen molar-refractivity contribution >= 4 is 17.9 Å². The van der Waals surface area contributed by atoms with E-state index in [0.29, 0.717) is 0 Å². The Labute approximate surface area is 115 Å². The van der Waals surface area contributed by atoms with Crippen molar-refractivity contribution in [3.05, 3.63) is 6.61 Å². The van der Waals surface area contributed by atoms with Gasteiger partial charge in [0.25, 0.3) is 0 Å². The van der Waals surface area contributed by atoms with Crippen molar-refractivity contribution in [1.82, 2.24) is 0 Å². The van der Waals surface area contributed by atoms with Crippen LogP contribution >= 0.6 is 0 Å². The predicted molar refractivity (Wildman–Crippen MR) is 62.9 cm³/mol. The number of aliphatic hydroxyl groups excluding tert-OH is 1. The van der Waals surface area contributed by atoms with Crippen LogP contribution in [0.15, 0.2) is 0 Å². The molecule has 1 saturated heterocycles. The molecule has 0 saturated carbocycles. The average molecular weight is 289 g/mol. The minimum atomic E-state index is -1.30. The normalized spacial score (nSPS) is 29.4. The highest BCUT2D eigenvalue weighted by Crippen LogP contribution is 2.24. The summed E-state index contributed by atoms with van der Waals surface area (Å²) in [4.78, 5) is 32.7. The Hall–Kier alpha value is -1.67. The summed E-state index contributed by atoms with van der Waals surface area (Å²) in [5.74, 6) is -1.79. The van der Waals surface area contributed by atoms with E-state index in [1.165, 1.54) is 13.8 Å². The zero-order chi connectivity index (χ0) is 15.3. The fraction of sp³-hybridized carbons (Fsp3) is 0.667. The summed E-state index contributed by atoms with van der Waals surface area (Å²) in [7, 11) is 0. The molecule has 4 atom stereocenters. The monoisotopic (exact) mass is 289 g/mol. The van der Waals surface area contributed by atoms with Crippen molar-refractivity contribution < 1.29 is 38.4 Å². The van der Waals surface area contributed by atoms with Gasteiger partial charge in [0, 0.05) is 20.8 Å². The highest BCUT2D eigenvalue weighted by atomic mass is 16.6. The first-order valence-corrected chi connectivity index (χ1v) is 5.96. The summed E-state index contributed by atoms with van der Waals surface area (Å²) < 4.78 is 19.7. The highest BCUT2D eigenvalue weighted by Gasteiger charge is 2.44. The van der Waals surface area contributed by atoms with Crippen LogP contribution < -0.4 is 0 Å². The van der Waals surface area contributed by atoms with Gasteiger partial charge in [-0.1, -0.05) is 0 Å². The number of esters is 3. The van der Waals surface area contributed by atoms with Gasteiger partial charge >= 0.3 is 17.9 Å². The standard InChI is InChI=1S/C12H17O8/c1-6(13)17-4-9-11(16)12(20-8(3)15)10(5-18-9)19-7(2)14/h5,9-12,16H,4H2,1-3H3/t9-,10+,11+,12-/m1/s1. The number of hydrogen-bond donors (Lipinski definition) is 1. The molecule has 8 heteroatoms. The minimum Gasteiger partial charge on any atom is -0.463 e. The molecule has 8 nitrogen and oxygen atoms in total. The molecule has 1 rings (SSSR count). The fourth-order valence-corrected chi connectivity index (χ4v) is 1.69. The summed E-state index contributed by atoms with van der Waals surface area (Å²) in [5, 5.41) is 10.1. The van der Waals surface area contributed by atoms with Crippen molar-refractivity contribution in [2.45, 2.75) is 45.2 Å². The lowest BCUT2D eigenvalue weighted by Gasteiger charge is -2.37. The largest absolute Gasteiger partial charge is 0.463 e. The van der Waals surface area contributed by atoms with Gasteiger partial charge in [-0.3, -0.25) is 14.4 Å². The van der Waals surface area contributed by atoms with Gasteiger partial charge in [-0.05, 0) is 0 Å². The lowest BCUT2D eigenvalue weighted by atomic mass is 10.00. The molecule has 0 aromatic carbocycles. The molecule has 0 aliphatic carbocycles. The van der Waals surface area contributed by atoms with E-state index >= 15 is 0 Å². The molecular formula is C12H17O8. The van der Waals surface area contributed by atoms with Crippen molar-refractivity contribution in [3.63, 3.8) is 0 Å². The second-order valence-electron chi connectivity index (χ2n) is 4.25. The van der Waals surface area contributed by atoms with E-state index in [1.807, 2.05) is 0 Å². The number of carbonyl (C=O) groups is 3. The Balaban J connectivity index is 2.73. The molecule has 1 aliphatic heterocycles. The maximum absolute atomic E-state index is 11.0. The van der Waals surface area contributed by atoms with Crippen molar-refractivity contribution in [2.75, 3.05) is 6.61 Å². The van der Waals surface area contributed by atoms with Crippen LogP contribution in [0.5, 0.6) is 0 Å². The van der Waals surface area contributed by atoms with E-state index in [2.05, 4.69) is 0 Å². The molecule has 0 spiro atoms. The average Bonchev–Trinajstić information content (AvgIpc) is 2.31. The molecule has 1 N–H and O–H groups in total. The SMILES string of the molecule is CC(=O)OC[C@H]1O[CH][C@H](OC(C)=O)[C@@H](OC(C)=O)[C@H]1O. The fourth-order valence-electron chi connectivity index (χ4n) is 1.69. The number of hydrogen-bond acceptors (Lipinski definition) is 8. The van der Waals surface area contributed by atoms with Crippen LogP contribution in [0.25, 0.3) is 0 Å². The van der Waals surface area contributed by atoms with Crippen LogP contribution in [0.3, 0.4) is 0 Å². The van der Waals surface area contributed by atoms with E-state index in [4.69, 9.17) is 18.9 Å². The third kappa shape index (κ3) is 4.78. The second kappa shape index (κ2) is 7.20. The van der Waals surface area contributed by atoms with Crippen molar-refractivity contribution in [3.8, 4) is 0 Å². The van der Waals surface area contributed by atoms with E-state index in [-0.39, 0.29) is 6.61 Å². The number of rotatable bonds is 4. The Morgan fingerprint density at radius 1 is 1.10 bits per heavy atom. The van der Waals surface area contributed by atoms with Crippen molar-refractivity contribution in [2.24, 2.45) is 0 Å². The lowest BCUT2D eigenvalue weighted by molar-refractivity contribution is -0.208. The van der Waals surface area contributed by atoms with Crippen LogP contribution in [-0.2, 0) is 33.3 Å². The molecule has 20 heavy (non-hydrogen) atoms. The maximum Gasteiger partial charge on any atom is 0.303 e. The first-order valence-electron chi connectivity index (χ1n) is 5.96. The second-order valence-corrected chi connectivity index (χ2v) is 4.25. The van der Waals surface area contributed by atoms with Gasteiger partial charge in [0.2, 0.25) is 0 Å². The summed E-state index contributed by atoms with van der Waals surface area (Å²) in [5.41, 5.74) is 0. The van der Waals surface area contributed by atoms with E-state index in [9.17, 15) is 19.5 Å². The summed E-state index contributed by atoms with van der Waals surface area (Å²) in [6.07, 6.45) is -4.35. The lowest BCUT2D eigenvalue weighted by Crippen LogP contribution is -2.55. The van der Waals surface area contributed by atoms with Gasteiger partial charge in [-0.25, -0.2) is 0 Å². The van der Waals surface area contributed by atoms with Crippen LogP contribution in [0.1, 0.15) is 20.8 Å². The highest BCUT2D eigenvalue weighted by molar-refractivity contribution is 5.67. The Morgan fingerprint density at radius 2 is 1.70 bits per heavy atom. The van der Waals surface area contributed by atoms with E-state index in [1.54, 1.807) is 0 Å². The zero-order valence-electron chi connectivity index (χ0n) is 11.4. The third-order valence-corrected chi connectivity index (χ3v) is 2.48. The van der Waals surface area contributed by atoms with E-state index < -0.39 is 42.3 Å². The Kier molecular flexibility index (Phi) is 5.90. The zero-order valence-corrected chi connectivity index (χ0v) is 11.4. The summed E-state index contributed by atoms with van der Waals surface area (Å²) >= 11 is 0. The molecule has 1 aliphatic rings. The van der Waals surface area contributed by atoms with Crippen molar-refractivity contribution in [1.29, 1.82) is 0 Å². The minimum absolute atomic E-state index is 0.211. The molecule has 0 bridgehead atoms. The van der Waals surface area contributed by atoms with Crippen LogP contribution in [0.4, 0.5) is 0 Å². The topological polar surface area (TPSA) is 108 Å². The van der Waals surface area contributed by atoms with Gasteiger partial charge in [0.15, 0.2) is 12.2 Å². The smallest absolute Gasteiger partial charge is 0.303 e. The van der Waals surface area contributed by atoms with Gasteiger partial charge in [-0.2, -0.15) is 0 Å². The van der Waals surface area contributed by atoms with E-state index in [0.717, 1.165) is 13.5 Å². The number of carbonyl (C=O) groups excluding carboxylic acids is 3. The number of ether oxygens (including phenoxy) is 4. The molecule has 0 aromatic rings. The summed E-state index contributed by atoms with van der Waals surface area (Å²) in [6.45, 7) is 4.47. The van der Waals surface area contributed by atoms with Gasteiger partial charge < -0.3 is 24.1 Å². The molecular weight excluding hydrogens is 272 g/mol. The molecule has 113 valence electrons. The quantitative estimate of drug-likeness (QED) is 0.536. The predicted octanol–water partition coefficient (Wildman–Crippen LogP) is -0.666. The maximum atomic E-state index is 11.0. The third-order valence-electron chi connectivity index (χ3n) is 2.48. The molecule has 1 radical (unpaired) electrons. The molecule has 0 aromatic heterocycles. The molecule has 1 heterocycles. The van der Waals surface area contributed by atoms with Gasteiger partial charge in [0.05, 0.1) is 0 Å². The Morgan fingerprint density at radius 3 is 2.20 bits per heavy atom. The summed E-state index contributed by atoms with van der Waals surface area (Å²) in [6, 6.07) is 0. The first kappa shape index (κ1) is 16.4. The molecule has 1 fully saturated rings. The van der Waals surface area contributed by atoms with Crippen LogP contribution in [0.2, 0.25) is 0 Å². The molecule has 0 amide bonds. The molecule has 0 unspecified atom stereocenters. The van der Waals surface area contributed by atoms with Gasteiger partial charge in [0.1, 0.15) is 25.4 Å². The van der Waals surface area contributed by atoms with Crippen LogP contribution in [0, 0.1) is 6.61 Å². The number of aliphatic hydroxyl groups is 1. The Bertz CT molecular complexity index is 380. The van der Waals surface area contributed by atoms with Crippen LogP contribution in [-0.4, -0.2) is 54.0 Å². The van der Waals surface area contributed by atoms with Gasteiger partial charge in [-0.15, -0.1) is 0 Å².